The molecule has 0 saturated heterocycles. The van der Waals surface area contributed by atoms with Gasteiger partial charge in [0.15, 0.2) is 0 Å². The zero-order valence-corrected chi connectivity index (χ0v) is 7.69. The average Bonchev–Trinajstić information content (AvgIpc) is 2.45. The van der Waals surface area contributed by atoms with Gasteiger partial charge >= 0.3 is 11.3 Å². The van der Waals surface area contributed by atoms with Gasteiger partial charge in [-0.1, -0.05) is 24.3 Å². The van der Waals surface area contributed by atoms with Crippen LogP contribution in [0.5, 0.6) is 0 Å². The van der Waals surface area contributed by atoms with Crippen LogP contribution in [0, 0.1) is 0 Å². The van der Waals surface area contributed by atoms with Crippen molar-refractivity contribution in [2.75, 3.05) is 0 Å². The van der Waals surface area contributed by atoms with Crippen LogP contribution in [0.3, 0.4) is 0 Å². The van der Waals surface area contributed by atoms with Crippen LogP contribution in [0.2, 0.25) is 0 Å². The summed E-state index contributed by atoms with van der Waals surface area (Å²) >= 11 is 0. The SMILES string of the molecule is O=c1oc(=O)c2ccc1c1ccccc21. The molecule has 4 aromatic rings. The van der Waals surface area contributed by atoms with Gasteiger partial charge in [-0.2, -0.15) is 0 Å². The van der Waals surface area contributed by atoms with E-state index in [2.05, 4.69) is 4.42 Å². The van der Waals surface area contributed by atoms with Crippen molar-refractivity contribution in [2.45, 2.75) is 0 Å². The molecule has 0 fully saturated rings. The molecule has 0 N–H and O–H groups in total. The number of rotatable bonds is 0. The lowest BCUT2D eigenvalue weighted by atomic mass is 10.1. The second-order valence-electron chi connectivity index (χ2n) is 3.38. The highest BCUT2D eigenvalue weighted by Crippen LogP contribution is 2.21. The molecule has 2 aromatic carbocycles. The van der Waals surface area contributed by atoms with Crippen LogP contribution in [0.4, 0.5) is 0 Å². The molecule has 0 atom stereocenters. The van der Waals surface area contributed by atoms with Gasteiger partial charge < -0.3 is 4.42 Å². The Labute approximate surface area is 83.9 Å². The van der Waals surface area contributed by atoms with Gasteiger partial charge in [0.1, 0.15) is 0 Å². The minimum Gasteiger partial charge on any atom is -0.386 e. The molecule has 0 aliphatic rings. The third-order valence-electron chi connectivity index (χ3n) is 2.55. The summed E-state index contributed by atoms with van der Waals surface area (Å²) in [6, 6.07) is 10.6. The third kappa shape index (κ3) is 1.00. The Balaban J connectivity index is 2.90. The zero-order chi connectivity index (χ0) is 10.4. The van der Waals surface area contributed by atoms with Gasteiger partial charge in [0.2, 0.25) is 0 Å². The molecule has 72 valence electrons. The Morgan fingerprint density at radius 1 is 0.667 bits per heavy atom. The van der Waals surface area contributed by atoms with Crippen LogP contribution in [-0.4, -0.2) is 0 Å². The first-order valence-electron chi connectivity index (χ1n) is 4.55. The highest BCUT2D eigenvalue weighted by molar-refractivity contribution is 6.06. The van der Waals surface area contributed by atoms with Gasteiger partial charge in [0, 0.05) is 0 Å². The van der Waals surface area contributed by atoms with E-state index in [0.29, 0.717) is 10.8 Å². The largest absolute Gasteiger partial charge is 0.386 e. The first-order valence-corrected chi connectivity index (χ1v) is 4.55. The molecule has 0 aliphatic carbocycles. The number of fused-ring (bicyclic) bond motifs is 3. The molecule has 3 nitrogen and oxygen atoms in total. The minimum atomic E-state index is -0.573. The fourth-order valence-electron chi connectivity index (χ4n) is 1.85. The molecule has 15 heavy (non-hydrogen) atoms. The maximum Gasteiger partial charge on any atom is 0.346 e. The second kappa shape index (κ2) is 2.67. The van der Waals surface area contributed by atoms with Crippen LogP contribution in [0.15, 0.2) is 50.4 Å². The first-order chi connectivity index (χ1) is 7.27. The predicted octanol–water partition coefficient (Wildman–Crippen LogP) is 1.74. The fourth-order valence-corrected chi connectivity index (χ4v) is 1.85. The molecule has 3 heteroatoms. The van der Waals surface area contributed by atoms with Crippen molar-refractivity contribution < 1.29 is 4.42 Å². The van der Waals surface area contributed by atoms with Gasteiger partial charge in [0.05, 0.1) is 10.8 Å². The van der Waals surface area contributed by atoms with E-state index in [-0.39, 0.29) is 0 Å². The molecule has 4 rings (SSSR count). The third-order valence-corrected chi connectivity index (χ3v) is 2.55. The van der Waals surface area contributed by atoms with E-state index < -0.39 is 11.3 Å². The van der Waals surface area contributed by atoms with E-state index in [1.165, 1.54) is 0 Å². The maximum atomic E-state index is 11.5. The molecule has 0 saturated carbocycles. The number of hydrogen-bond donors (Lipinski definition) is 0. The van der Waals surface area contributed by atoms with Gasteiger partial charge in [-0.15, -0.1) is 0 Å². The standard InChI is InChI=1S/C12H6O3/c13-11-9-5-6-10(12(14)15-11)8-4-2-1-3-7(8)9/h1-6H. The van der Waals surface area contributed by atoms with Gasteiger partial charge in [0.25, 0.3) is 0 Å². The topological polar surface area (TPSA) is 47.3 Å². The quantitative estimate of drug-likeness (QED) is 0.552. The molecular formula is C12H6O3. The Morgan fingerprint density at radius 2 is 1.13 bits per heavy atom. The molecule has 0 aliphatic heterocycles. The Kier molecular flexibility index (Phi) is 1.45. The lowest BCUT2D eigenvalue weighted by Gasteiger charge is -1.95. The van der Waals surface area contributed by atoms with Crippen LogP contribution in [0.1, 0.15) is 0 Å². The molecule has 2 bridgehead atoms. The Bertz CT molecular complexity index is 692. The Morgan fingerprint density at radius 3 is 1.60 bits per heavy atom. The van der Waals surface area contributed by atoms with E-state index >= 15 is 0 Å². The highest BCUT2D eigenvalue weighted by atomic mass is 16.4. The summed E-state index contributed by atoms with van der Waals surface area (Å²) in [5.74, 6) is 0. The van der Waals surface area contributed by atoms with Gasteiger partial charge in [-0.25, -0.2) is 9.59 Å². The summed E-state index contributed by atoms with van der Waals surface area (Å²) in [5, 5.41) is 2.43. The number of hydrogen-bond acceptors (Lipinski definition) is 3. The van der Waals surface area contributed by atoms with Crippen molar-refractivity contribution in [3.63, 3.8) is 0 Å². The normalized spacial score (nSPS) is 11.2. The van der Waals surface area contributed by atoms with Crippen molar-refractivity contribution in [2.24, 2.45) is 0 Å². The van der Waals surface area contributed by atoms with Gasteiger partial charge in [-0.05, 0) is 22.9 Å². The van der Waals surface area contributed by atoms with E-state index in [1.54, 1.807) is 12.1 Å². The van der Waals surface area contributed by atoms with Crippen molar-refractivity contribution in [3.05, 3.63) is 57.2 Å². The lowest BCUT2D eigenvalue weighted by molar-refractivity contribution is 0.492. The summed E-state index contributed by atoms with van der Waals surface area (Å²) in [7, 11) is 0. The van der Waals surface area contributed by atoms with E-state index in [1.807, 2.05) is 24.3 Å². The molecule has 0 radical (unpaired) electrons. The number of benzene rings is 2. The van der Waals surface area contributed by atoms with Crippen LogP contribution in [-0.2, 0) is 0 Å². The van der Waals surface area contributed by atoms with Crippen molar-refractivity contribution in [1.29, 1.82) is 0 Å². The van der Waals surface area contributed by atoms with E-state index in [4.69, 9.17) is 0 Å². The van der Waals surface area contributed by atoms with Crippen molar-refractivity contribution >= 4 is 21.5 Å². The van der Waals surface area contributed by atoms with Crippen LogP contribution >= 0.6 is 0 Å². The predicted molar refractivity (Wildman–Crippen MR) is 57.4 cm³/mol. The summed E-state index contributed by atoms with van der Waals surface area (Å²) in [6.07, 6.45) is 0. The minimum absolute atomic E-state index is 0.445. The fraction of sp³-hybridized carbons (Fsp3) is 0. The smallest absolute Gasteiger partial charge is 0.346 e. The Hall–Kier alpha value is -2.16. The molecular weight excluding hydrogens is 192 g/mol. The highest BCUT2D eigenvalue weighted by Gasteiger charge is 2.08. The molecule has 2 heterocycles. The molecule has 2 aromatic heterocycles. The molecule has 0 spiro atoms. The van der Waals surface area contributed by atoms with E-state index in [0.717, 1.165) is 10.8 Å². The van der Waals surface area contributed by atoms with Crippen LogP contribution < -0.4 is 11.3 Å². The first kappa shape index (κ1) is 8.17. The molecule has 0 unspecified atom stereocenters. The maximum absolute atomic E-state index is 11.5. The monoisotopic (exact) mass is 198 g/mol. The van der Waals surface area contributed by atoms with E-state index in [9.17, 15) is 9.59 Å². The average molecular weight is 198 g/mol. The summed E-state index contributed by atoms with van der Waals surface area (Å²) in [6.45, 7) is 0. The van der Waals surface area contributed by atoms with Gasteiger partial charge in [-0.3, -0.25) is 0 Å². The van der Waals surface area contributed by atoms with Crippen LogP contribution in [0.25, 0.3) is 21.5 Å². The summed E-state index contributed by atoms with van der Waals surface area (Å²) < 4.78 is 4.67. The second-order valence-corrected chi connectivity index (χ2v) is 3.38. The lowest BCUT2D eigenvalue weighted by Crippen LogP contribution is -2.02. The summed E-state index contributed by atoms with van der Waals surface area (Å²) in [4.78, 5) is 23.0. The van der Waals surface area contributed by atoms with Crippen molar-refractivity contribution in [3.8, 4) is 0 Å². The molecule has 0 amide bonds. The summed E-state index contributed by atoms with van der Waals surface area (Å²) in [5.41, 5.74) is -1.15. The zero-order valence-electron chi connectivity index (χ0n) is 7.69. The van der Waals surface area contributed by atoms with Crippen molar-refractivity contribution in [1.82, 2.24) is 0 Å².